The second-order valence-electron chi connectivity index (χ2n) is 5.04. The van der Waals surface area contributed by atoms with E-state index in [2.05, 4.69) is 10.1 Å². The molecule has 6 nitrogen and oxygen atoms in total. The van der Waals surface area contributed by atoms with Crippen molar-refractivity contribution in [3.05, 3.63) is 23.7 Å². The standard InChI is InChI=1S/C14H23NO5/c1-10(15-9-14(2,17)7-8-18-3)11-5-6-12(20-11)13(16)19-4/h5-6,10,15,17H,7-9H2,1-4H3. The van der Waals surface area contributed by atoms with Gasteiger partial charge in [-0.1, -0.05) is 0 Å². The van der Waals surface area contributed by atoms with Crippen molar-refractivity contribution in [3.8, 4) is 0 Å². The number of carbonyl (C=O) groups is 1. The summed E-state index contributed by atoms with van der Waals surface area (Å²) in [6.45, 7) is 4.53. The number of esters is 1. The number of rotatable bonds is 8. The Morgan fingerprint density at radius 2 is 2.20 bits per heavy atom. The minimum absolute atomic E-state index is 0.123. The number of nitrogens with one attached hydrogen (secondary N) is 1. The fraction of sp³-hybridized carbons (Fsp3) is 0.643. The molecule has 0 amide bonds. The topological polar surface area (TPSA) is 80.9 Å². The van der Waals surface area contributed by atoms with Gasteiger partial charge in [-0.15, -0.1) is 0 Å². The highest BCUT2D eigenvalue weighted by molar-refractivity contribution is 5.86. The lowest BCUT2D eigenvalue weighted by atomic mass is 10.0. The van der Waals surface area contributed by atoms with Gasteiger partial charge < -0.3 is 24.3 Å². The van der Waals surface area contributed by atoms with E-state index in [1.165, 1.54) is 7.11 Å². The quantitative estimate of drug-likeness (QED) is 0.705. The Bertz CT molecular complexity index is 427. The first-order valence-electron chi connectivity index (χ1n) is 6.52. The van der Waals surface area contributed by atoms with Gasteiger partial charge in [0.1, 0.15) is 5.76 Å². The largest absolute Gasteiger partial charge is 0.463 e. The van der Waals surface area contributed by atoms with Crippen LogP contribution in [0.4, 0.5) is 0 Å². The van der Waals surface area contributed by atoms with E-state index >= 15 is 0 Å². The minimum atomic E-state index is -0.859. The fourth-order valence-electron chi connectivity index (χ4n) is 1.68. The lowest BCUT2D eigenvalue weighted by Gasteiger charge is -2.25. The first kappa shape index (κ1) is 16.7. The molecule has 20 heavy (non-hydrogen) atoms. The number of furan rings is 1. The summed E-state index contributed by atoms with van der Waals surface area (Å²) in [6, 6.07) is 3.17. The third-order valence-electron chi connectivity index (χ3n) is 3.07. The van der Waals surface area contributed by atoms with Gasteiger partial charge in [0.15, 0.2) is 0 Å². The Kier molecular flexibility index (Phi) is 6.19. The molecule has 1 aromatic heterocycles. The normalized spacial score (nSPS) is 15.7. The number of carbonyl (C=O) groups excluding carboxylic acids is 1. The average Bonchev–Trinajstić information content (AvgIpc) is 2.91. The van der Waals surface area contributed by atoms with Gasteiger partial charge in [0.2, 0.25) is 5.76 Å². The van der Waals surface area contributed by atoms with Crippen LogP contribution in [0.2, 0.25) is 0 Å². The Morgan fingerprint density at radius 1 is 1.50 bits per heavy atom. The van der Waals surface area contributed by atoms with Crippen LogP contribution in [-0.2, 0) is 9.47 Å². The highest BCUT2D eigenvalue weighted by atomic mass is 16.5. The van der Waals surface area contributed by atoms with E-state index < -0.39 is 11.6 Å². The summed E-state index contributed by atoms with van der Waals surface area (Å²) in [6.07, 6.45) is 0.536. The van der Waals surface area contributed by atoms with E-state index in [9.17, 15) is 9.90 Å². The minimum Gasteiger partial charge on any atom is -0.463 e. The highest BCUT2D eigenvalue weighted by Gasteiger charge is 2.22. The molecule has 2 atom stereocenters. The van der Waals surface area contributed by atoms with Crippen LogP contribution >= 0.6 is 0 Å². The molecule has 1 rings (SSSR count). The van der Waals surface area contributed by atoms with Crippen molar-refractivity contribution < 1.29 is 23.8 Å². The predicted molar refractivity (Wildman–Crippen MR) is 73.6 cm³/mol. The summed E-state index contributed by atoms with van der Waals surface area (Å²) in [5.74, 6) is 0.283. The van der Waals surface area contributed by atoms with E-state index in [4.69, 9.17) is 9.15 Å². The summed E-state index contributed by atoms with van der Waals surface area (Å²) in [4.78, 5) is 11.3. The van der Waals surface area contributed by atoms with Crippen LogP contribution in [-0.4, -0.2) is 44.0 Å². The van der Waals surface area contributed by atoms with Gasteiger partial charge in [-0.3, -0.25) is 0 Å². The summed E-state index contributed by atoms with van der Waals surface area (Å²) in [5, 5.41) is 13.3. The summed E-state index contributed by atoms with van der Waals surface area (Å²) in [5.41, 5.74) is -0.859. The number of methoxy groups -OCH3 is 2. The molecule has 2 N–H and O–H groups in total. The maximum atomic E-state index is 11.3. The van der Waals surface area contributed by atoms with Crippen molar-refractivity contribution in [2.45, 2.75) is 31.9 Å². The molecule has 0 aliphatic carbocycles. The van der Waals surface area contributed by atoms with Crippen molar-refractivity contribution in [1.29, 1.82) is 0 Å². The smallest absolute Gasteiger partial charge is 0.373 e. The molecule has 0 saturated heterocycles. The molecule has 2 unspecified atom stereocenters. The highest BCUT2D eigenvalue weighted by Crippen LogP contribution is 2.18. The summed E-state index contributed by atoms with van der Waals surface area (Å²) in [7, 11) is 2.91. The van der Waals surface area contributed by atoms with Crippen LogP contribution in [0, 0.1) is 0 Å². The molecule has 114 valence electrons. The van der Waals surface area contributed by atoms with Crippen molar-refractivity contribution in [3.63, 3.8) is 0 Å². The molecule has 6 heteroatoms. The number of aliphatic hydroxyl groups is 1. The second-order valence-corrected chi connectivity index (χ2v) is 5.04. The van der Waals surface area contributed by atoms with Crippen LogP contribution in [0.25, 0.3) is 0 Å². The van der Waals surface area contributed by atoms with Crippen molar-refractivity contribution in [1.82, 2.24) is 5.32 Å². The van der Waals surface area contributed by atoms with Crippen LogP contribution in [0.1, 0.15) is 42.6 Å². The zero-order valence-electron chi connectivity index (χ0n) is 12.4. The van der Waals surface area contributed by atoms with Crippen LogP contribution in [0.5, 0.6) is 0 Å². The van der Waals surface area contributed by atoms with E-state index in [0.29, 0.717) is 25.3 Å². The van der Waals surface area contributed by atoms with Crippen molar-refractivity contribution in [2.24, 2.45) is 0 Å². The van der Waals surface area contributed by atoms with Crippen LogP contribution < -0.4 is 5.32 Å². The van der Waals surface area contributed by atoms with Crippen molar-refractivity contribution >= 4 is 5.97 Å². The first-order chi connectivity index (χ1) is 9.39. The lowest BCUT2D eigenvalue weighted by Crippen LogP contribution is -2.39. The zero-order valence-corrected chi connectivity index (χ0v) is 12.4. The monoisotopic (exact) mass is 285 g/mol. The van der Waals surface area contributed by atoms with Crippen LogP contribution in [0.15, 0.2) is 16.5 Å². The van der Waals surface area contributed by atoms with E-state index in [-0.39, 0.29) is 11.8 Å². The van der Waals surface area contributed by atoms with Gasteiger partial charge in [0.05, 0.1) is 18.8 Å². The van der Waals surface area contributed by atoms with Crippen molar-refractivity contribution in [2.75, 3.05) is 27.4 Å². The Hall–Kier alpha value is -1.37. The SMILES string of the molecule is COCCC(C)(O)CNC(C)c1ccc(C(=O)OC)o1. The maximum absolute atomic E-state index is 11.3. The summed E-state index contributed by atoms with van der Waals surface area (Å²) < 4.78 is 14.9. The zero-order chi connectivity index (χ0) is 15.2. The molecule has 0 aromatic carbocycles. The van der Waals surface area contributed by atoms with E-state index in [1.54, 1.807) is 26.2 Å². The Morgan fingerprint density at radius 3 is 2.80 bits per heavy atom. The summed E-state index contributed by atoms with van der Waals surface area (Å²) >= 11 is 0. The van der Waals surface area contributed by atoms with Crippen LogP contribution in [0.3, 0.4) is 0 Å². The molecule has 0 aliphatic heterocycles. The second kappa shape index (κ2) is 7.42. The average molecular weight is 285 g/mol. The maximum Gasteiger partial charge on any atom is 0.373 e. The molecular formula is C14H23NO5. The number of hydrogen-bond donors (Lipinski definition) is 2. The third kappa shape index (κ3) is 4.96. The van der Waals surface area contributed by atoms with E-state index in [0.717, 1.165) is 0 Å². The fourth-order valence-corrected chi connectivity index (χ4v) is 1.68. The molecule has 0 fully saturated rings. The van der Waals surface area contributed by atoms with Gasteiger partial charge in [0.25, 0.3) is 0 Å². The third-order valence-corrected chi connectivity index (χ3v) is 3.07. The van der Waals surface area contributed by atoms with E-state index in [1.807, 2.05) is 6.92 Å². The van der Waals surface area contributed by atoms with Gasteiger partial charge in [-0.2, -0.15) is 0 Å². The molecule has 0 bridgehead atoms. The molecule has 0 aliphatic rings. The molecule has 0 radical (unpaired) electrons. The lowest BCUT2D eigenvalue weighted by molar-refractivity contribution is 0.0225. The molecule has 0 saturated carbocycles. The number of hydrogen-bond acceptors (Lipinski definition) is 6. The molecule has 1 heterocycles. The van der Waals surface area contributed by atoms with Gasteiger partial charge in [-0.05, 0) is 26.0 Å². The van der Waals surface area contributed by atoms with Gasteiger partial charge in [-0.25, -0.2) is 4.79 Å². The molecule has 1 aromatic rings. The van der Waals surface area contributed by atoms with Gasteiger partial charge in [0, 0.05) is 26.7 Å². The Labute approximate surface area is 119 Å². The molecule has 0 spiro atoms. The first-order valence-corrected chi connectivity index (χ1v) is 6.52. The number of ether oxygens (including phenoxy) is 2. The predicted octanol–water partition coefficient (Wildman–Crippen LogP) is 1.50. The van der Waals surface area contributed by atoms with Gasteiger partial charge >= 0.3 is 5.97 Å². The Balaban J connectivity index is 2.52. The molecular weight excluding hydrogens is 262 g/mol.